The van der Waals surface area contributed by atoms with Crippen molar-refractivity contribution >= 4 is 29.1 Å². The standard InChI is InChI=1S/C23H28ClN5O4/c1-32-20-12-21(33-2)18(10-16(20)24)26-22(30)15-4-3-9-29(13-15)23(31)19-11-17(27-28-19)14-5-7-25-8-6-14/h5-8,10,12,15,17,19,27-28H,3-4,9,11,13H2,1-2H3,(H,26,30). The molecule has 4 rings (SSSR count). The van der Waals surface area contributed by atoms with Gasteiger partial charge in [-0.25, -0.2) is 10.9 Å². The van der Waals surface area contributed by atoms with Crippen LogP contribution in [0.25, 0.3) is 0 Å². The number of amides is 2. The van der Waals surface area contributed by atoms with E-state index in [-0.39, 0.29) is 29.8 Å². The molecule has 0 bridgehead atoms. The van der Waals surface area contributed by atoms with Crippen LogP contribution in [0, 0.1) is 5.92 Å². The second-order valence-electron chi connectivity index (χ2n) is 8.21. The van der Waals surface area contributed by atoms with Gasteiger partial charge in [-0.3, -0.25) is 14.6 Å². The number of benzene rings is 1. The van der Waals surface area contributed by atoms with Crippen molar-refractivity contribution in [1.82, 2.24) is 20.7 Å². The molecule has 176 valence electrons. The number of rotatable bonds is 6. The summed E-state index contributed by atoms with van der Waals surface area (Å²) < 4.78 is 10.6. The fourth-order valence-electron chi connectivity index (χ4n) is 4.34. The van der Waals surface area contributed by atoms with E-state index in [0.717, 1.165) is 12.0 Å². The number of hydrogen-bond acceptors (Lipinski definition) is 7. The number of piperidine rings is 1. The van der Waals surface area contributed by atoms with Crippen LogP contribution in [0.4, 0.5) is 5.69 Å². The molecule has 2 aromatic rings. The summed E-state index contributed by atoms with van der Waals surface area (Å²) in [5.74, 6) is 0.430. The lowest BCUT2D eigenvalue weighted by Gasteiger charge is -2.33. The van der Waals surface area contributed by atoms with Crippen molar-refractivity contribution < 1.29 is 19.1 Å². The number of halogens is 1. The first kappa shape index (κ1) is 23.3. The molecule has 10 heteroatoms. The first-order valence-electron chi connectivity index (χ1n) is 10.9. The van der Waals surface area contributed by atoms with Crippen LogP contribution in [0.15, 0.2) is 36.7 Å². The minimum atomic E-state index is -0.342. The van der Waals surface area contributed by atoms with Crippen molar-refractivity contribution in [3.8, 4) is 11.5 Å². The highest BCUT2D eigenvalue weighted by Crippen LogP contribution is 2.36. The molecule has 1 aromatic carbocycles. The summed E-state index contributed by atoms with van der Waals surface area (Å²) in [7, 11) is 3.03. The van der Waals surface area contributed by atoms with Crippen molar-refractivity contribution in [3.63, 3.8) is 0 Å². The average molecular weight is 474 g/mol. The fraction of sp³-hybridized carbons (Fsp3) is 0.435. The summed E-state index contributed by atoms with van der Waals surface area (Å²) >= 11 is 6.22. The van der Waals surface area contributed by atoms with Gasteiger partial charge in [0.25, 0.3) is 0 Å². The van der Waals surface area contributed by atoms with Crippen LogP contribution < -0.4 is 25.6 Å². The lowest BCUT2D eigenvalue weighted by Crippen LogP contribution is -2.50. The van der Waals surface area contributed by atoms with Crippen LogP contribution in [0.3, 0.4) is 0 Å². The minimum Gasteiger partial charge on any atom is -0.495 e. The zero-order valence-corrected chi connectivity index (χ0v) is 19.4. The molecule has 3 heterocycles. The Labute approximate surface area is 197 Å². The number of nitrogens with one attached hydrogen (secondary N) is 3. The van der Waals surface area contributed by atoms with E-state index in [1.165, 1.54) is 14.2 Å². The van der Waals surface area contributed by atoms with Gasteiger partial charge in [-0.2, -0.15) is 0 Å². The number of carbonyl (C=O) groups is 2. The Morgan fingerprint density at radius 1 is 1.15 bits per heavy atom. The first-order valence-corrected chi connectivity index (χ1v) is 11.3. The number of ether oxygens (including phenoxy) is 2. The number of hydrogen-bond donors (Lipinski definition) is 3. The molecule has 3 N–H and O–H groups in total. The maximum absolute atomic E-state index is 13.1. The van der Waals surface area contributed by atoms with Gasteiger partial charge in [0, 0.05) is 37.6 Å². The first-order chi connectivity index (χ1) is 16.0. The normalized spacial score (nSPS) is 22.6. The van der Waals surface area contributed by atoms with Crippen molar-refractivity contribution in [2.45, 2.75) is 31.3 Å². The van der Waals surface area contributed by atoms with Gasteiger partial charge >= 0.3 is 0 Å². The average Bonchev–Trinajstić information content (AvgIpc) is 3.35. The van der Waals surface area contributed by atoms with Crippen LogP contribution in [0.5, 0.6) is 11.5 Å². The number of anilines is 1. The van der Waals surface area contributed by atoms with E-state index >= 15 is 0 Å². The molecule has 0 spiro atoms. The molecule has 2 aliphatic heterocycles. The maximum atomic E-state index is 13.1. The Hall–Kier alpha value is -2.88. The van der Waals surface area contributed by atoms with E-state index in [1.54, 1.807) is 29.4 Å². The minimum absolute atomic E-state index is 0.00151. The third kappa shape index (κ3) is 5.21. The van der Waals surface area contributed by atoms with Crippen LogP contribution in [-0.2, 0) is 9.59 Å². The SMILES string of the molecule is COc1cc(OC)c(NC(=O)C2CCCN(C(=O)C3CC(c4ccncc4)NN3)C2)cc1Cl. The lowest BCUT2D eigenvalue weighted by molar-refractivity contribution is -0.136. The summed E-state index contributed by atoms with van der Waals surface area (Å²) in [5.41, 5.74) is 7.86. The van der Waals surface area contributed by atoms with Gasteiger partial charge in [0.1, 0.15) is 17.5 Å². The third-order valence-electron chi connectivity index (χ3n) is 6.15. The highest BCUT2D eigenvalue weighted by molar-refractivity contribution is 6.32. The molecule has 2 amide bonds. The Balaban J connectivity index is 1.38. The maximum Gasteiger partial charge on any atom is 0.241 e. The number of likely N-dealkylation sites (tertiary alicyclic amines) is 1. The number of pyridine rings is 1. The van der Waals surface area contributed by atoms with E-state index in [2.05, 4.69) is 21.2 Å². The summed E-state index contributed by atoms with van der Waals surface area (Å²) in [6.07, 6.45) is 5.59. The summed E-state index contributed by atoms with van der Waals surface area (Å²) in [4.78, 5) is 32.0. The Bertz CT molecular complexity index is 1010. The van der Waals surface area contributed by atoms with Gasteiger partial charge in [-0.1, -0.05) is 11.6 Å². The van der Waals surface area contributed by atoms with E-state index in [1.807, 2.05) is 12.1 Å². The van der Waals surface area contributed by atoms with Crippen molar-refractivity contribution in [3.05, 3.63) is 47.2 Å². The lowest BCUT2D eigenvalue weighted by atomic mass is 9.95. The monoisotopic (exact) mass is 473 g/mol. The third-order valence-corrected chi connectivity index (χ3v) is 6.44. The van der Waals surface area contributed by atoms with Gasteiger partial charge in [0.15, 0.2) is 0 Å². The number of hydrazine groups is 1. The largest absolute Gasteiger partial charge is 0.495 e. The van der Waals surface area contributed by atoms with Crippen molar-refractivity contribution in [2.75, 3.05) is 32.6 Å². The molecule has 2 saturated heterocycles. The van der Waals surface area contributed by atoms with Crippen molar-refractivity contribution in [1.29, 1.82) is 0 Å². The molecular formula is C23H28ClN5O4. The second-order valence-corrected chi connectivity index (χ2v) is 8.62. The topological polar surface area (TPSA) is 105 Å². The van der Waals surface area contributed by atoms with Crippen molar-refractivity contribution in [2.24, 2.45) is 5.92 Å². The molecule has 3 atom stereocenters. The number of aromatic nitrogens is 1. The van der Waals surface area contributed by atoms with Gasteiger partial charge in [0.05, 0.1) is 30.8 Å². The summed E-state index contributed by atoms with van der Waals surface area (Å²) in [6, 6.07) is 6.81. The van der Waals surface area contributed by atoms with Gasteiger partial charge in [-0.15, -0.1) is 0 Å². The summed E-state index contributed by atoms with van der Waals surface area (Å²) in [6.45, 7) is 1.01. The molecule has 33 heavy (non-hydrogen) atoms. The molecule has 0 saturated carbocycles. The molecule has 1 aromatic heterocycles. The van der Waals surface area contributed by atoms with Crippen LogP contribution in [0.1, 0.15) is 30.9 Å². The van der Waals surface area contributed by atoms with E-state index < -0.39 is 0 Å². The Morgan fingerprint density at radius 2 is 1.91 bits per heavy atom. The van der Waals surface area contributed by atoms with Crippen LogP contribution >= 0.6 is 11.6 Å². The van der Waals surface area contributed by atoms with Crippen LogP contribution in [0.2, 0.25) is 5.02 Å². The smallest absolute Gasteiger partial charge is 0.241 e. The fourth-order valence-corrected chi connectivity index (χ4v) is 4.58. The molecule has 9 nitrogen and oxygen atoms in total. The predicted molar refractivity (Wildman–Crippen MR) is 124 cm³/mol. The molecular weight excluding hydrogens is 446 g/mol. The number of nitrogens with zero attached hydrogens (tertiary/aromatic N) is 2. The number of methoxy groups -OCH3 is 2. The van der Waals surface area contributed by atoms with E-state index in [9.17, 15) is 9.59 Å². The predicted octanol–water partition coefficient (Wildman–Crippen LogP) is 2.54. The molecule has 2 fully saturated rings. The van der Waals surface area contributed by atoms with Gasteiger partial charge in [0.2, 0.25) is 11.8 Å². The zero-order chi connectivity index (χ0) is 23.4. The van der Waals surface area contributed by atoms with Crippen LogP contribution in [-0.4, -0.2) is 55.0 Å². The molecule has 0 radical (unpaired) electrons. The van der Waals surface area contributed by atoms with Gasteiger partial charge in [-0.05, 0) is 43.0 Å². The van der Waals surface area contributed by atoms with Gasteiger partial charge < -0.3 is 19.7 Å². The zero-order valence-electron chi connectivity index (χ0n) is 18.6. The van der Waals surface area contributed by atoms with E-state index in [0.29, 0.717) is 48.1 Å². The Kier molecular flexibility index (Phi) is 7.32. The summed E-state index contributed by atoms with van der Waals surface area (Å²) in [5, 5.41) is 3.28. The quantitative estimate of drug-likeness (QED) is 0.592. The molecule has 3 unspecified atom stereocenters. The molecule has 2 aliphatic rings. The molecule has 0 aliphatic carbocycles. The second kappa shape index (κ2) is 10.4. The highest BCUT2D eigenvalue weighted by atomic mass is 35.5. The Morgan fingerprint density at radius 3 is 2.64 bits per heavy atom. The number of carbonyl (C=O) groups excluding carboxylic acids is 2. The van der Waals surface area contributed by atoms with E-state index in [4.69, 9.17) is 21.1 Å². The highest BCUT2D eigenvalue weighted by Gasteiger charge is 2.36.